The zero-order valence-electron chi connectivity index (χ0n) is 10.2. The number of nitrogens with two attached hydrogens (primary N) is 1. The fraction of sp³-hybridized carbons (Fsp3) is 0.500. The van der Waals surface area contributed by atoms with Crippen LogP contribution in [0.2, 0.25) is 0 Å². The van der Waals surface area contributed by atoms with Crippen LogP contribution in [0.5, 0.6) is 0 Å². The lowest BCUT2D eigenvalue weighted by atomic mass is 10.4. The number of anilines is 2. The molecule has 1 heterocycles. The molecule has 94 valence electrons. The number of nitrogen functional groups attached to an aromatic ring is 1. The van der Waals surface area contributed by atoms with Gasteiger partial charge in [-0.05, 0) is 13.2 Å². The van der Waals surface area contributed by atoms with Gasteiger partial charge in [0, 0.05) is 19.7 Å². The highest BCUT2D eigenvalue weighted by Gasteiger charge is 2.07. The molecule has 0 saturated heterocycles. The van der Waals surface area contributed by atoms with Crippen LogP contribution in [0.1, 0.15) is 6.92 Å². The maximum atomic E-state index is 11.6. The standard InChI is InChI=1S/C10H17N5OS/c1-4-15(2)9(16)6-12-8-5-7(11)13-10(14-8)17-3/h5H,4,6H2,1-3H3,(H3,11,12,13,14). The second-order valence-electron chi connectivity index (χ2n) is 3.43. The van der Waals surface area contributed by atoms with E-state index in [1.54, 1.807) is 18.0 Å². The van der Waals surface area contributed by atoms with E-state index in [-0.39, 0.29) is 12.5 Å². The van der Waals surface area contributed by atoms with E-state index in [0.717, 1.165) is 0 Å². The highest BCUT2D eigenvalue weighted by molar-refractivity contribution is 7.98. The minimum atomic E-state index is 0.00962. The number of amides is 1. The van der Waals surface area contributed by atoms with Crippen LogP contribution in [-0.2, 0) is 4.79 Å². The average molecular weight is 255 g/mol. The first-order valence-electron chi connectivity index (χ1n) is 5.23. The second kappa shape index (κ2) is 6.29. The summed E-state index contributed by atoms with van der Waals surface area (Å²) in [5, 5.41) is 3.53. The van der Waals surface area contributed by atoms with Gasteiger partial charge in [-0.2, -0.15) is 0 Å². The highest BCUT2D eigenvalue weighted by Crippen LogP contribution is 2.14. The number of rotatable bonds is 5. The Labute approximate surface area is 105 Å². The van der Waals surface area contributed by atoms with E-state index in [9.17, 15) is 4.79 Å². The molecule has 0 unspecified atom stereocenters. The molecule has 0 aliphatic rings. The largest absolute Gasteiger partial charge is 0.383 e. The van der Waals surface area contributed by atoms with Gasteiger partial charge in [0.2, 0.25) is 5.91 Å². The summed E-state index contributed by atoms with van der Waals surface area (Å²) in [6.45, 7) is 2.81. The predicted octanol–water partition coefficient (Wildman–Crippen LogP) is 0.671. The fourth-order valence-electron chi connectivity index (χ4n) is 1.10. The lowest BCUT2D eigenvalue weighted by Gasteiger charge is -2.15. The summed E-state index contributed by atoms with van der Waals surface area (Å²) in [7, 11) is 1.76. The highest BCUT2D eigenvalue weighted by atomic mass is 32.2. The summed E-state index contributed by atoms with van der Waals surface area (Å²) in [4.78, 5) is 21.4. The Morgan fingerprint density at radius 2 is 2.29 bits per heavy atom. The topological polar surface area (TPSA) is 84.1 Å². The van der Waals surface area contributed by atoms with Gasteiger partial charge in [-0.15, -0.1) is 0 Å². The summed E-state index contributed by atoms with van der Waals surface area (Å²) in [5.74, 6) is 0.971. The van der Waals surface area contributed by atoms with Crippen LogP contribution in [0.15, 0.2) is 11.2 Å². The van der Waals surface area contributed by atoms with Gasteiger partial charge in [-0.3, -0.25) is 4.79 Å². The van der Waals surface area contributed by atoms with Gasteiger partial charge in [-0.1, -0.05) is 11.8 Å². The number of thioether (sulfide) groups is 1. The quantitative estimate of drug-likeness (QED) is 0.594. The van der Waals surface area contributed by atoms with Crippen molar-refractivity contribution in [1.29, 1.82) is 0 Å². The maximum Gasteiger partial charge on any atom is 0.241 e. The zero-order valence-corrected chi connectivity index (χ0v) is 11.0. The minimum Gasteiger partial charge on any atom is -0.383 e. The molecule has 0 bridgehead atoms. The molecule has 7 heteroatoms. The number of nitrogens with zero attached hydrogens (tertiary/aromatic N) is 3. The van der Waals surface area contributed by atoms with Crippen LogP contribution in [0.4, 0.5) is 11.6 Å². The van der Waals surface area contributed by atoms with Crippen molar-refractivity contribution in [2.24, 2.45) is 0 Å². The molecule has 0 radical (unpaired) electrons. The van der Waals surface area contributed by atoms with Crippen molar-refractivity contribution in [3.8, 4) is 0 Å². The fourth-order valence-corrected chi connectivity index (χ4v) is 1.49. The van der Waals surface area contributed by atoms with Gasteiger partial charge in [0.25, 0.3) is 0 Å². The third-order valence-electron chi connectivity index (χ3n) is 2.23. The Morgan fingerprint density at radius 1 is 1.59 bits per heavy atom. The molecular formula is C10H17N5OS. The lowest BCUT2D eigenvalue weighted by molar-refractivity contribution is -0.127. The van der Waals surface area contributed by atoms with Crippen molar-refractivity contribution < 1.29 is 4.79 Å². The van der Waals surface area contributed by atoms with E-state index >= 15 is 0 Å². The first-order valence-corrected chi connectivity index (χ1v) is 6.45. The summed E-state index contributed by atoms with van der Waals surface area (Å²) in [6.07, 6.45) is 1.87. The number of likely N-dealkylation sites (N-methyl/N-ethyl adjacent to an activating group) is 1. The Hall–Kier alpha value is -1.50. The number of nitrogens with one attached hydrogen (secondary N) is 1. The third kappa shape index (κ3) is 4.10. The Morgan fingerprint density at radius 3 is 2.88 bits per heavy atom. The number of carbonyl (C=O) groups is 1. The molecule has 1 aromatic rings. The normalized spacial score (nSPS) is 10.1. The number of hydrogen-bond acceptors (Lipinski definition) is 6. The van der Waals surface area contributed by atoms with Crippen molar-refractivity contribution in [3.05, 3.63) is 6.07 Å². The molecule has 1 amide bonds. The van der Waals surface area contributed by atoms with E-state index < -0.39 is 0 Å². The molecular weight excluding hydrogens is 238 g/mol. The number of carbonyl (C=O) groups excluding carboxylic acids is 1. The first kappa shape index (κ1) is 13.6. The predicted molar refractivity (Wildman–Crippen MR) is 70.0 cm³/mol. The van der Waals surface area contributed by atoms with Crippen LogP contribution in [0.3, 0.4) is 0 Å². The zero-order chi connectivity index (χ0) is 12.8. The molecule has 1 aromatic heterocycles. The average Bonchev–Trinajstić information content (AvgIpc) is 2.34. The Balaban J connectivity index is 2.63. The summed E-state index contributed by atoms with van der Waals surface area (Å²) >= 11 is 1.40. The van der Waals surface area contributed by atoms with Gasteiger partial charge < -0.3 is 16.0 Å². The number of aromatic nitrogens is 2. The molecule has 0 aliphatic carbocycles. The molecule has 0 atom stereocenters. The smallest absolute Gasteiger partial charge is 0.241 e. The van der Waals surface area contributed by atoms with Crippen LogP contribution >= 0.6 is 11.8 Å². The Kier molecular flexibility index (Phi) is 5.02. The molecule has 3 N–H and O–H groups in total. The maximum absolute atomic E-state index is 11.6. The van der Waals surface area contributed by atoms with Crippen molar-refractivity contribution in [2.75, 3.05) is 37.4 Å². The van der Waals surface area contributed by atoms with Crippen molar-refractivity contribution in [3.63, 3.8) is 0 Å². The van der Waals surface area contributed by atoms with Crippen molar-refractivity contribution >= 4 is 29.3 Å². The van der Waals surface area contributed by atoms with Gasteiger partial charge in [0.1, 0.15) is 11.6 Å². The third-order valence-corrected chi connectivity index (χ3v) is 2.78. The van der Waals surface area contributed by atoms with Gasteiger partial charge in [0.05, 0.1) is 6.54 Å². The summed E-state index contributed by atoms with van der Waals surface area (Å²) < 4.78 is 0. The van der Waals surface area contributed by atoms with Crippen LogP contribution in [0.25, 0.3) is 0 Å². The summed E-state index contributed by atoms with van der Waals surface area (Å²) in [5.41, 5.74) is 5.63. The molecule has 0 spiro atoms. The van der Waals surface area contributed by atoms with Gasteiger partial charge >= 0.3 is 0 Å². The molecule has 6 nitrogen and oxygen atoms in total. The second-order valence-corrected chi connectivity index (χ2v) is 4.20. The molecule has 0 aliphatic heterocycles. The molecule has 1 rings (SSSR count). The lowest BCUT2D eigenvalue weighted by Crippen LogP contribution is -2.32. The minimum absolute atomic E-state index is 0.00962. The Bertz CT molecular complexity index is 398. The monoisotopic (exact) mass is 255 g/mol. The van der Waals surface area contributed by atoms with Gasteiger partial charge in [0.15, 0.2) is 5.16 Å². The van der Waals surface area contributed by atoms with Crippen molar-refractivity contribution in [1.82, 2.24) is 14.9 Å². The van der Waals surface area contributed by atoms with E-state index in [0.29, 0.717) is 23.3 Å². The van der Waals surface area contributed by atoms with Crippen LogP contribution in [0, 0.1) is 0 Å². The number of hydrogen-bond donors (Lipinski definition) is 2. The van der Waals surface area contributed by atoms with Crippen molar-refractivity contribution in [2.45, 2.75) is 12.1 Å². The van der Waals surface area contributed by atoms with E-state index in [4.69, 9.17) is 5.73 Å². The van der Waals surface area contributed by atoms with Crippen LogP contribution in [-0.4, -0.2) is 47.2 Å². The van der Waals surface area contributed by atoms with E-state index in [1.165, 1.54) is 11.8 Å². The van der Waals surface area contributed by atoms with Gasteiger partial charge in [-0.25, -0.2) is 9.97 Å². The van der Waals surface area contributed by atoms with E-state index in [2.05, 4.69) is 15.3 Å². The molecule has 17 heavy (non-hydrogen) atoms. The van der Waals surface area contributed by atoms with E-state index in [1.807, 2.05) is 13.2 Å². The summed E-state index contributed by atoms with van der Waals surface area (Å²) in [6, 6.07) is 1.61. The first-order chi connectivity index (χ1) is 8.06. The molecule has 0 saturated carbocycles. The SMILES string of the molecule is CCN(C)C(=O)CNc1cc(N)nc(SC)n1. The van der Waals surface area contributed by atoms with Crippen LogP contribution < -0.4 is 11.1 Å². The molecule has 0 fully saturated rings. The molecule has 0 aromatic carbocycles.